The van der Waals surface area contributed by atoms with Crippen LogP contribution in [0.4, 0.5) is 0 Å². The molecule has 1 aliphatic heterocycles. The molecule has 1 aliphatic rings. The fourth-order valence-electron chi connectivity index (χ4n) is 3.09. The lowest BCUT2D eigenvalue weighted by molar-refractivity contribution is 0.181. The fourth-order valence-corrected chi connectivity index (χ4v) is 3.09. The summed E-state index contributed by atoms with van der Waals surface area (Å²) in [6, 6.07) is 9.02. The lowest BCUT2D eigenvalue weighted by Gasteiger charge is -2.23. The summed E-state index contributed by atoms with van der Waals surface area (Å²) in [6.07, 6.45) is 3.87. The highest BCUT2D eigenvalue weighted by Crippen LogP contribution is 2.31. The summed E-state index contributed by atoms with van der Waals surface area (Å²) < 4.78 is 6.10. The molecule has 0 bridgehead atoms. The van der Waals surface area contributed by atoms with E-state index in [1.165, 1.54) is 12.0 Å². The summed E-state index contributed by atoms with van der Waals surface area (Å²) in [7, 11) is 0. The SMILES string of the molecule is CC(C)CC(CNC(C)C)CC1Cc2ccccc2O1. The standard InChI is InChI=1S/C18H29NO/c1-13(2)9-15(12-19-14(3)4)10-17-11-16-7-5-6-8-18(16)20-17/h5-8,13-15,17,19H,9-12H2,1-4H3. The lowest BCUT2D eigenvalue weighted by Crippen LogP contribution is -2.32. The molecular formula is C18H29NO. The summed E-state index contributed by atoms with van der Waals surface area (Å²) in [5, 5.41) is 3.59. The van der Waals surface area contributed by atoms with E-state index in [-0.39, 0.29) is 0 Å². The van der Waals surface area contributed by atoms with Crippen molar-refractivity contribution in [1.29, 1.82) is 0 Å². The first-order valence-electron chi connectivity index (χ1n) is 8.02. The van der Waals surface area contributed by atoms with Gasteiger partial charge in [-0.05, 0) is 42.9 Å². The van der Waals surface area contributed by atoms with Gasteiger partial charge < -0.3 is 10.1 Å². The number of hydrogen-bond acceptors (Lipinski definition) is 2. The maximum absolute atomic E-state index is 6.10. The molecule has 112 valence electrons. The van der Waals surface area contributed by atoms with E-state index in [4.69, 9.17) is 4.74 Å². The van der Waals surface area contributed by atoms with Crippen LogP contribution in [0, 0.1) is 11.8 Å². The number of nitrogens with one attached hydrogen (secondary N) is 1. The maximum atomic E-state index is 6.10. The van der Waals surface area contributed by atoms with E-state index < -0.39 is 0 Å². The number of rotatable bonds is 7. The summed E-state index contributed by atoms with van der Waals surface area (Å²) in [5.74, 6) is 2.55. The van der Waals surface area contributed by atoms with Crippen LogP contribution in [0.15, 0.2) is 24.3 Å². The van der Waals surface area contributed by atoms with Gasteiger partial charge in [-0.3, -0.25) is 0 Å². The maximum Gasteiger partial charge on any atom is 0.123 e. The van der Waals surface area contributed by atoms with Gasteiger partial charge in [0.15, 0.2) is 0 Å². The Labute approximate surface area is 123 Å². The van der Waals surface area contributed by atoms with E-state index >= 15 is 0 Å². The number of fused-ring (bicyclic) bond motifs is 1. The minimum absolute atomic E-state index is 0.366. The monoisotopic (exact) mass is 275 g/mol. The first-order valence-corrected chi connectivity index (χ1v) is 8.02. The molecule has 0 saturated heterocycles. The predicted octanol–water partition coefficient (Wildman–Crippen LogP) is 4.04. The van der Waals surface area contributed by atoms with Gasteiger partial charge in [0, 0.05) is 12.5 Å². The van der Waals surface area contributed by atoms with Crippen LogP contribution in [0.25, 0.3) is 0 Å². The highest BCUT2D eigenvalue weighted by atomic mass is 16.5. The van der Waals surface area contributed by atoms with E-state index in [0.29, 0.717) is 18.1 Å². The molecule has 1 heterocycles. The summed E-state index contributed by atoms with van der Waals surface area (Å²) in [4.78, 5) is 0. The molecule has 2 nitrogen and oxygen atoms in total. The number of para-hydroxylation sites is 1. The van der Waals surface area contributed by atoms with Crippen molar-refractivity contribution >= 4 is 0 Å². The van der Waals surface area contributed by atoms with Gasteiger partial charge in [0.05, 0.1) is 0 Å². The van der Waals surface area contributed by atoms with Crippen LogP contribution in [-0.4, -0.2) is 18.7 Å². The molecule has 1 aromatic rings. The van der Waals surface area contributed by atoms with Gasteiger partial charge in [-0.2, -0.15) is 0 Å². The molecule has 2 unspecified atom stereocenters. The van der Waals surface area contributed by atoms with Crippen molar-refractivity contribution in [2.45, 2.75) is 59.1 Å². The van der Waals surface area contributed by atoms with Gasteiger partial charge >= 0.3 is 0 Å². The van der Waals surface area contributed by atoms with E-state index in [1.807, 2.05) is 0 Å². The van der Waals surface area contributed by atoms with Crippen LogP contribution >= 0.6 is 0 Å². The van der Waals surface area contributed by atoms with Crippen molar-refractivity contribution in [2.75, 3.05) is 6.54 Å². The molecule has 0 radical (unpaired) electrons. The Morgan fingerprint density at radius 1 is 1.20 bits per heavy atom. The van der Waals surface area contributed by atoms with Crippen LogP contribution in [0.1, 0.15) is 46.1 Å². The van der Waals surface area contributed by atoms with Gasteiger partial charge in [-0.25, -0.2) is 0 Å². The second kappa shape index (κ2) is 7.12. The number of ether oxygens (including phenoxy) is 1. The third-order valence-electron chi connectivity index (χ3n) is 3.93. The fraction of sp³-hybridized carbons (Fsp3) is 0.667. The van der Waals surface area contributed by atoms with Crippen molar-refractivity contribution < 1.29 is 4.74 Å². The molecule has 0 saturated carbocycles. The molecule has 2 rings (SSSR count). The average molecular weight is 275 g/mol. The Kier molecular flexibility index (Phi) is 5.47. The second-order valence-electron chi connectivity index (χ2n) is 6.85. The van der Waals surface area contributed by atoms with Crippen LogP contribution in [0.5, 0.6) is 5.75 Å². The minimum Gasteiger partial charge on any atom is -0.490 e. The predicted molar refractivity (Wildman–Crippen MR) is 85.3 cm³/mol. The van der Waals surface area contributed by atoms with Crippen LogP contribution < -0.4 is 10.1 Å². The molecule has 2 heteroatoms. The zero-order valence-corrected chi connectivity index (χ0v) is 13.4. The van der Waals surface area contributed by atoms with Crippen LogP contribution in [0.3, 0.4) is 0 Å². The second-order valence-corrected chi connectivity index (χ2v) is 6.85. The molecular weight excluding hydrogens is 246 g/mol. The smallest absolute Gasteiger partial charge is 0.123 e. The molecule has 1 aromatic carbocycles. The Morgan fingerprint density at radius 2 is 1.95 bits per heavy atom. The van der Waals surface area contributed by atoms with E-state index in [1.54, 1.807) is 0 Å². The van der Waals surface area contributed by atoms with E-state index in [0.717, 1.165) is 31.1 Å². The van der Waals surface area contributed by atoms with E-state index in [9.17, 15) is 0 Å². The topological polar surface area (TPSA) is 21.3 Å². The van der Waals surface area contributed by atoms with Crippen molar-refractivity contribution in [2.24, 2.45) is 11.8 Å². The zero-order chi connectivity index (χ0) is 14.5. The molecule has 0 spiro atoms. The third kappa shape index (κ3) is 4.52. The Hall–Kier alpha value is -1.02. The first kappa shape index (κ1) is 15.4. The highest BCUT2D eigenvalue weighted by Gasteiger charge is 2.25. The quantitative estimate of drug-likeness (QED) is 0.811. The van der Waals surface area contributed by atoms with Gasteiger partial charge in [0.2, 0.25) is 0 Å². The van der Waals surface area contributed by atoms with Crippen molar-refractivity contribution in [1.82, 2.24) is 5.32 Å². The molecule has 0 amide bonds. The Balaban J connectivity index is 1.88. The molecule has 0 aromatic heterocycles. The van der Waals surface area contributed by atoms with Crippen LogP contribution in [-0.2, 0) is 6.42 Å². The van der Waals surface area contributed by atoms with E-state index in [2.05, 4.69) is 57.3 Å². The van der Waals surface area contributed by atoms with Crippen molar-refractivity contribution in [3.05, 3.63) is 29.8 Å². The van der Waals surface area contributed by atoms with Gasteiger partial charge in [-0.1, -0.05) is 45.9 Å². The molecule has 0 aliphatic carbocycles. The van der Waals surface area contributed by atoms with Gasteiger partial charge in [0.1, 0.15) is 11.9 Å². The summed E-state index contributed by atoms with van der Waals surface area (Å²) >= 11 is 0. The number of hydrogen-bond donors (Lipinski definition) is 1. The van der Waals surface area contributed by atoms with Crippen molar-refractivity contribution in [3.63, 3.8) is 0 Å². The summed E-state index contributed by atoms with van der Waals surface area (Å²) in [6.45, 7) is 10.2. The largest absolute Gasteiger partial charge is 0.490 e. The van der Waals surface area contributed by atoms with Gasteiger partial charge in [-0.15, -0.1) is 0 Å². The third-order valence-corrected chi connectivity index (χ3v) is 3.93. The normalized spacial score (nSPS) is 19.2. The average Bonchev–Trinajstić information content (AvgIpc) is 2.77. The molecule has 0 fully saturated rings. The van der Waals surface area contributed by atoms with Crippen molar-refractivity contribution in [3.8, 4) is 5.75 Å². The van der Waals surface area contributed by atoms with Crippen LogP contribution in [0.2, 0.25) is 0 Å². The Morgan fingerprint density at radius 3 is 2.60 bits per heavy atom. The Bertz CT molecular complexity index is 389. The molecule has 20 heavy (non-hydrogen) atoms. The molecule has 2 atom stereocenters. The first-order chi connectivity index (χ1) is 9.54. The minimum atomic E-state index is 0.366. The highest BCUT2D eigenvalue weighted by molar-refractivity contribution is 5.37. The lowest BCUT2D eigenvalue weighted by atomic mass is 9.90. The van der Waals surface area contributed by atoms with Gasteiger partial charge in [0.25, 0.3) is 0 Å². The summed E-state index contributed by atoms with van der Waals surface area (Å²) in [5.41, 5.74) is 1.37. The molecule has 1 N–H and O–H groups in total. The zero-order valence-electron chi connectivity index (χ0n) is 13.4. The number of benzene rings is 1.